The maximum absolute atomic E-state index is 4.39. The first-order valence-corrected chi connectivity index (χ1v) is 8.03. The molecule has 2 aromatic carbocycles. The van der Waals surface area contributed by atoms with Gasteiger partial charge in [0.1, 0.15) is 11.4 Å². The number of hydrogen-bond acceptors (Lipinski definition) is 4. The summed E-state index contributed by atoms with van der Waals surface area (Å²) in [5, 5.41) is 5.63. The van der Waals surface area contributed by atoms with E-state index in [1.165, 1.54) is 5.69 Å². The molecule has 0 spiro atoms. The van der Waals surface area contributed by atoms with E-state index in [-0.39, 0.29) is 0 Å². The predicted octanol–water partition coefficient (Wildman–Crippen LogP) is 4.22. The summed E-state index contributed by atoms with van der Waals surface area (Å²) in [7, 11) is 0. The molecule has 0 bridgehead atoms. The molecule has 1 N–H and O–H groups in total. The molecule has 0 saturated carbocycles. The van der Waals surface area contributed by atoms with E-state index in [2.05, 4.69) is 33.5 Å². The van der Waals surface area contributed by atoms with Gasteiger partial charge in [-0.25, -0.2) is 9.97 Å². The van der Waals surface area contributed by atoms with Gasteiger partial charge in [-0.2, -0.15) is 0 Å². The Kier molecular flexibility index (Phi) is 4.69. The van der Waals surface area contributed by atoms with E-state index in [1.54, 1.807) is 18.1 Å². The van der Waals surface area contributed by atoms with Crippen LogP contribution in [0, 0.1) is 0 Å². The van der Waals surface area contributed by atoms with Crippen molar-refractivity contribution in [3.63, 3.8) is 0 Å². The van der Waals surface area contributed by atoms with Crippen LogP contribution < -0.4 is 5.32 Å². The minimum Gasteiger partial charge on any atom is -0.385 e. The highest BCUT2D eigenvalue weighted by Crippen LogP contribution is 2.24. The first-order chi connectivity index (χ1) is 10.4. The molecule has 0 atom stereocenters. The summed E-state index contributed by atoms with van der Waals surface area (Å²) < 4.78 is 0. The fourth-order valence-electron chi connectivity index (χ4n) is 2.12. The molecule has 4 heteroatoms. The van der Waals surface area contributed by atoms with Gasteiger partial charge < -0.3 is 5.32 Å². The van der Waals surface area contributed by atoms with Crippen LogP contribution in [0.1, 0.15) is 6.42 Å². The van der Waals surface area contributed by atoms with Crippen LogP contribution in [0.4, 0.5) is 5.69 Å². The fraction of sp³-hybridized carbons (Fsp3) is 0.176. The molecule has 0 amide bonds. The Labute approximate surface area is 128 Å². The summed E-state index contributed by atoms with van der Waals surface area (Å²) in [5.74, 6) is 1.04. The van der Waals surface area contributed by atoms with Crippen LogP contribution in [0.3, 0.4) is 0 Å². The van der Waals surface area contributed by atoms with Crippen LogP contribution in [-0.2, 0) is 0 Å². The molecular weight excluding hydrogens is 278 g/mol. The molecular formula is C17H17N3S. The minimum absolute atomic E-state index is 0.972. The number of hydrogen-bond donors (Lipinski definition) is 1. The maximum atomic E-state index is 4.39. The largest absolute Gasteiger partial charge is 0.385 e. The zero-order valence-electron chi connectivity index (χ0n) is 11.7. The van der Waals surface area contributed by atoms with Gasteiger partial charge in [-0.15, -0.1) is 11.8 Å². The molecule has 3 rings (SSSR count). The molecule has 0 unspecified atom stereocenters. The molecule has 106 valence electrons. The molecule has 1 aromatic heterocycles. The van der Waals surface area contributed by atoms with Gasteiger partial charge in [-0.05, 0) is 24.6 Å². The van der Waals surface area contributed by atoms with Crippen LogP contribution in [0.15, 0.2) is 66.0 Å². The first kappa shape index (κ1) is 13.9. The van der Waals surface area contributed by atoms with Gasteiger partial charge in [-0.3, -0.25) is 0 Å². The third-order valence-corrected chi connectivity index (χ3v) is 4.26. The lowest BCUT2D eigenvalue weighted by atomic mass is 10.2. The zero-order chi connectivity index (χ0) is 14.3. The highest BCUT2D eigenvalue weighted by atomic mass is 32.2. The number of aromatic nitrogens is 2. The average molecular weight is 295 g/mol. The molecule has 1 heterocycles. The number of para-hydroxylation sites is 2. The third-order valence-electron chi connectivity index (χ3n) is 3.17. The Bertz CT molecular complexity index is 695. The second-order valence-corrected chi connectivity index (χ2v) is 5.77. The number of nitrogens with one attached hydrogen (secondary N) is 1. The Morgan fingerprint density at radius 1 is 0.905 bits per heavy atom. The van der Waals surface area contributed by atoms with E-state index in [4.69, 9.17) is 0 Å². The van der Waals surface area contributed by atoms with Crippen LogP contribution >= 0.6 is 11.8 Å². The lowest BCUT2D eigenvalue weighted by molar-refractivity contribution is 0.987. The van der Waals surface area contributed by atoms with Gasteiger partial charge in [0.05, 0.1) is 5.52 Å². The topological polar surface area (TPSA) is 37.8 Å². The van der Waals surface area contributed by atoms with Crippen molar-refractivity contribution >= 4 is 28.4 Å². The van der Waals surface area contributed by atoms with Crippen molar-refractivity contribution in [1.82, 2.24) is 9.97 Å². The second kappa shape index (κ2) is 7.09. The van der Waals surface area contributed by atoms with Crippen LogP contribution in [0.25, 0.3) is 10.9 Å². The third kappa shape index (κ3) is 3.73. The van der Waals surface area contributed by atoms with Crippen molar-refractivity contribution in [3.05, 3.63) is 60.9 Å². The van der Waals surface area contributed by atoms with Crippen molar-refractivity contribution in [2.75, 3.05) is 17.6 Å². The Morgan fingerprint density at radius 2 is 1.71 bits per heavy atom. The fourth-order valence-corrected chi connectivity index (χ4v) is 3.06. The number of benzene rings is 2. The minimum atomic E-state index is 0.972. The number of thioether (sulfide) groups is 1. The maximum Gasteiger partial charge on any atom is 0.117 e. The van der Waals surface area contributed by atoms with Gasteiger partial charge in [0.2, 0.25) is 0 Å². The van der Waals surface area contributed by atoms with E-state index in [1.807, 2.05) is 36.4 Å². The normalized spacial score (nSPS) is 10.7. The predicted molar refractivity (Wildman–Crippen MR) is 89.8 cm³/mol. The summed E-state index contributed by atoms with van der Waals surface area (Å²) in [6.45, 7) is 0.972. The molecule has 0 aliphatic carbocycles. The molecule has 21 heavy (non-hydrogen) atoms. The number of rotatable bonds is 6. The van der Waals surface area contributed by atoms with Crippen LogP contribution in [0.5, 0.6) is 0 Å². The first-order valence-electron chi connectivity index (χ1n) is 7.05. The van der Waals surface area contributed by atoms with Crippen LogP contribution in [-0.4, -0.2) is 22.3 Å². The smallest absolute Gasteiger partial charge is 0.117 e. The van der Waals surface area contributed by atoms with E-state index < -0.39 is 0 Å². The molecule has 0 fully saturated rings. The van der Waals surface area contributed by atoms with Crippen molar-refractivity contribution in [1.29, 1.82) is 0 Å². The summed E-state index contributed by atoms with van der Waals surface area (Å²) in [6.07, 6.45) is 2.74. The van der Waals surface area contributed by atoms with Crippen LogP contribution in [0.2, 0.25) is 0 Å². The standard InChI is InChI=1S/C17H17N3S/c1-2-7-14(8-3-1)18-11-6-12-21-17-15-9-4-5-10-16(15)19-13-20-17/h1-5,7-10,13,18H,6,11-12H2. The molecule has 0 aliphatic heterocycles. The van der Waals surface area contributed by atoms with Crippen molar-refractivity contribution < 1.29 is 0 Å². The average Bonchev–Trinajstić information content (AvgIpc) is 2.56. The zero-order valence-corrected chi connectivity index (χ0v) is 12.5. The number of nitrogens with zero attached hydrogens (tertiary/aromatic N) is 2. The summed E-state index contributed by atoms with van der Waals surface area (Å²) in [6, 6.07) is 18.4. The Balaban J connectivity index is 1.51. The van der Waals surface area contributed by atoms with Gasteiger partial charge in [-0.1, -0.05) is 36.4 Å². The van der Waals surface area contributed by atoms with Crippen molar-refractivity contribution in [2.24, 2.45) is 0 Å². The van der Waals surface area contributed by atoms with E-state index in [9.17, 15) is 0 Å². The van der Waals surface area contributed by atoms with Gasteiger partial charge in [0.15, 0.2) is 0 Å². The molecule has 0 radical (unpaired) electrons. The summed E-state index contributed by atoms with van der Waals surface area (Å²) >= 11 is 1.79. The lowest BCUT2D eigenvalue weighted by Gasteiger charge is -2.06. The summed E-state index contributed by atoms with van der Waals surface area (Å²) in [5.41, 5.74) is 2.19. The van der Waals surface area contributed by atoms with Gasteiger partial charge >= 0.3 is 0 Å². The monoisotopic (exact) mass is 295 g/mol. The number of anilines is 1. The van der Waals surface area contributed by atoms with E-state index in [0.717, 1.165) is 34.6 Å². The number of fused-ring (bicyclic) bond motifs is 1. The Hall–Kier alpha value is -2.07. The molecule has 3 nitrogen and oxygen atoms in total. The van der Waals surface area contributed by atoms with E-state index in [0.29, 0.717) is 0 Å². The second-order valence-electron chi connectivity index (χ2n) is 4.69. The van der Waals surface area contributed by atoms with E-state index >= 15 is 0 Å². The lowest BCUT2D eigenvalue weighted by Crippen LogP contribution is -2.02. The molecule has 0 aliphatic rings. The molecule has 3 aromatic rings. The van der Waals surface area contributed by atoms with Gasteiger partial charge in [0.25, 0.3) is 0 Å². The quantitative estimate of drug-likeness (QED) is 0.420. The van der Waals surface area contributed by atoms with Crippen molar-refractivity contribution in [2.45, 2.75) is 11.4 Å². The van der Waals surface area contributed by atoms with Crippen molar-refractivity contribution in [3.8, 4) is 0 Å². The Morgan fingerprint density at radius 3 is 2.62 bits per heavy atom. The summed E-state index contributed by atoms with van der Waals surface area (Å²) in [4.78, 5) is 8.68. The highest BCUT2D eigenvalue weighted by molar-refractivity contribution is 7.99. The highest BCUT2D eigenvalue weighted by Gasteiger charge is 2.03. The molecule has 0 saturated heterocycles. The SMILES string of the molecule is c1ccc(NCCCSc2ncnc3ccccc23)cc1. The van der Waals surface area contributed by atoms with Gasteiger partial charge in [0, 0.05) is 23.4 Å².